The van der Waals surface area contributed by atoms with E-state index in [0.717, 1.165) is 32.1 Å². The van der Waals surface area contributed by atoms with Gasteiger partial charge in [0.2, 0.25) is 0 Å². The zero-order valence-corrected chi connectivity index (χ0v) is 11.4. The first-order valence-electron chi connectivity index (χ1n) is 5.77. The maximum Gasteiger partial charge on any atom is 0.0587 e. The molecule has 0 atom stereocenters. The van der Waals surface area contributed by atoms with Crippen LogP contribution in [0.2, 0.25) is 0 Å². The fraction of sp³-hybridized carbons (Fsp3) is 0.538. The lowest BCUT2D eigenvalue weighted by molar-refractivity contribution is 0.199. The standard InChI is InChI=1S/C13H21NO2S/c1-15-8-7-14-11-12-5-3-4-6-13(12)17-10-9-16-2/h3-6,14H,7-11H2,1-2H3. The van der Waals surface area contributed by atoms with E-state index in [0.29, 0.717) is 0 Å². The number of benzene rings is 1. The van der Waals surface area contributed by atoms with Crippen molar-refractivity contribution in [2.75, 3.05) is 39.7 Å². The monoisotopic (exact) mass is 255 g/mol. The van der Waals surface area contributed by atoms with Crippen molar-refractivity contribution >= 4 is 11.8 Å². The van der Waals surface area contributed by atoms with Crippen molar-refractivity contribution in [2.24, 2.45) is 0 Å². The van der Waals surface area contributed by atoms with Gasteiger partial charge in [0.25, 0.3) is 0 Å². The lowest BCUT2D eigenvalue weighted by atomic mass is 10.2. The second-order valence-corrected chi connectivity index (χ2v) is 4.76. The topological polar surface area (TPSA) is 30.5 Å². The van der Waals surface area contributed by atoms with Gasteiger partial charge in [0.15, 0.2) is 0 Å². The molecule has 0 aliphatic carbocycles. The van der Waals surface area contributed by atoms with E-state index in [1.165, 1.54) is 10.5 Å². The van der Waals surface area contributed by atoms with Gasteiger partial charge in [-0.05, 0) is 11.6 Å². The Morgan fingerprint density at radius 2 is 1.88 bits per heavy atom. The molecule has 96 valence electrons. The number of methoxy groups -OCH3 is 2. The van der Waals surface area contributed by atoms with Crippen molar-refractivity contribution < 1.29 is 9.47 Å². The van der Waals surface area contributed by atoms with Gasteiger partial charge >= 0.3 is 0 Å². The molecule has 0 unspecified atom stereocenters. The van der Waals surface area contributed by atoms with Crippen molar-refractivity contribution in [3.8, 4) is 0 Å². The van der Waals surface area contributed by atoms with Gasteiger partial charge in [-0.15, -0.1) is 11.8 Å². The molecule has 0 saturated heterocycles. The molecule has 0 amide bonds. The first-order valence-corrected chi connectivity index (χ1v) is 6.76. The Labute approximate surface area is 108 Å². The van der Waals surface area contributed by atoms with Crippen LogP contribution >= 0.6 is 11.8 Å². The Bertz CT molecular complexity index is 307. The Morgan fingerprint density at radius 3 is 2.65 bits per heavy atom. The molecule has 1 aromatic rings. The fourth-order valence-corrected chi connectivity index (χ4v) is 2.39. The van der Waals surface area contributed by atoms with Crippen molar-refractivity contribution in [2.45, 2.75) is 11.4 Å². The molecule has 4 heteroatoms. The van der Waals surface area contributed by atoms with Gasteiger partial charge in [-0.25, -0.2) is 0 Å². The van der Waals surface area contributed by atoms with E-state index in [4.69, 9.17) is 9.47 Å². The van der Waals surface area contributed by atoms with Crippen LogP contribution in [0.25, 0.3) is 0 Å². The van der Waals surface area contributed by atoms with Gasteiger partial charge < -0.3 is 14.8 Å². The van der Waals surface area contributed by atoms with Gasteiger partial charge in [-0.1, -0.05) is 18.2 Å². The third-order valence-corrected chi connectivity index (χ3v) is 3.40. The lowest BCUT2D eigenvalue weighted by Crippen LogP contribution is -2.18. The normalized spacial score (nSPS) is 10.7. The molecule has 1 aromatic carbocycles. The van der Waals surface area contributed by atoms with E-state index in [-0.39, 0.29) is 0 Å². The molecule has 1 N–H and O–H groups in total. The van der Waals surface area contributed by atoms with E-state index >= 15 is 0 Å². The van der Waals surface area contributed by atoms with Crippen molar-refractivity contribution in [1.82, 2.24) is 5.32 Å². The van der Waals surface area contributed by atoms with Crippen LogP contribution in [0.3, 0.4) is 0 Å². The van der Waals surface area contributed by atoms with Crippen LogP contribution in [0.5, 0.6) is 0 Å². The fourth-order valence-electron chi connectivity index (χ4n) is 1.42. The molecule has 3 nitrogen and oxygen atoms in total. The Kier molecular flexibility index (Phi) is 8.09. The first-order chi connectivity index (χ1) is 8.38. The smallest absolute Gasteiger partial charge is 0.0587 e. The van der Waals surface area contributed by atoms with Crippen LogP contribution in [0, 0.1) is 0 Å². The highest BCUT2D eigenvalue weighted by molar-refractivity contribution is 7.99. The third-order valence-electron chi connectivity index (χ3n) is 2.32. The Morgan fingerprint density at radius 1 is 1.12 bits per heavy atom. The largest absolute Gasteiger partial charge is 0.384 e. The average molecular weight is 255 g/mol. The summed E-state index contributed by atoms with van der Waals surface area (Å²) in [6, 6.07) is 8.48. The third kappa shape index (κ3) is 6.07. The maximum atomic E-state index is 5.06. The predicted molar refractivity (Wildman–Crippen MR) is 72.6 cm³/mol. The molecule has 0 aliphatic heterocycles. The number of rotatable bonds is 9. The van der Waals surface area contributed by atoms with Crippen LogP contribution in [0.1, 0.15) is 5.56 Å². The zero-order valence-electron chi connectivity index (χ0n) is 10.6. The summed E-state index contributed by atoms with van der Waals surface area (Å²) in [7, 11) is 3.45. The van der Waals surface area contributed by atoms with Crippen molar-refractivity contribution in [1.29, 1.82) is 0 Å². The summed E-state index contributed by atoms with van der Waals surface area (Å²) in [5.41, 5.74) is 1.34. The van der Waals surface area contributed by atoms with Crippen LogP contribution in [0.4, 0.5) is 0 Å². The number of ether oxygens (including phenoxy) is 2. The van der Waals surface area contributed by atoms with Gasteiger partial charge in [0.05, 0.1) is 13.2 Å². The SMILES string of the molecule is COCCNCc1ccccc1SCCOC. The lowest BCUT2D eigenvalue weighted by Gasteiger charge is -2.09. The van der Waals surface area contributed by atoms with Gasteiger partial charge in [0, 0.05) is 38.0 Å². The highest BCUT2D eigenvalue weighted by atomic mass is 32.2. The van der Waals surface area contributed by atoms with Crippen LogP contribution in [-0.2, 0) is 16.0 Å². The molecule has 0 aromatic heterocycles. The predicted octanol–water partition coefficient (Wildman–Crippen LogP) is 2.16. The summed E-state index contributed by atoms with van der Waals surface area (Å²) in [4.78, 5) is 1.33. The highest BCUT2D eigenvalue weighted by Crippen LogP contribution is 2.22. The molecule has 0 saturated carbocycles. The molecule has 0 heterocycles. The highest BCUT2D eigenvalue weighted by Gasteiger charge is 2.01. The number of thioether (sulfide) groups is 1. The quantitative estimate of drug-likeness (QED) is 0.541. The van der Waals surface area contributed by atoms with E-state index < -0.39 is 0 Å². The molecule has 0 spiro atoms. The van der Waals surface area contributed by atoms with E-state index in [9.17, 15) is 0 Å². The number of hydrogen-bond donors (Lipinski definition) is 1. The molecular formula is C13H21NO2S. The molecular weight excluding hydrogens is 234 g/mol. The van der Waals surface area contributed by atoms with E-state index in [1.54, 1.807) is 14.2 Å². The molecule has 1 rings (SSSR count). The first kappa shape index (κ1) is 14.5. The van der Waals surface area contributed by atoms with Gasteiger partial charge in [-0.3, -0.25) is 0 Å². The van der Waals surface area contributed by atoms with E-state index in [1.807, 2.05) is 11.8 Å². The van der Waals surface area contributed by atoms with E-state index in [2.05, 4.69) is 29.6 Å². The van der Waals surface area contributed by atoms with Crippen molar-refractivity contribution in [3.63, 3.8) is 0 Å². The summed E-state index contributed by atoms with van der Waals surface area (Å²) in [5, 5.41) is 3.36. The summed E-state index contributed by atoms with van der Waals surface area (Å²) < 4.78 is 10.1. The zero-order chi connectivity index (χ0) is 12.3. The minimum atomic E-state index is 0.749. The summed E-state index contributed by atoms with van der Waals surface area (Å²) in [6.07, 6.45) is 0. The van der Waals surface area contributed by atoms with Gasteiger partial charge in [0.1, 0.15) is 0 Å². The minimum absolute atomic E-state index is 0.749. The summed E-state index contributed by atoms with van der Waals surface area (Å²) >= 11 is 1.84. The molecule has 0 aliphatic rings. The summed E-state index contributed by atoms with van der Waals surface area (Å²) in [6.45, 7) is 3.31. The van der Waals surface area contributed by atoms with Crippen LogP contribution in [-0.4, -0.2) is 39.7 Å². The van der Waals surface area contributed by atoms with Crippen LogP contribution < -0.4 is 5.32 Å². The summed E-state index contributed by atoms with van der Waals surface area (Å²) in [5.74, 6) is 0.992. The Balaban J connectivity index is 2.40. The van der Waals surface area contributed by atoms with Crippen molar-refractivity contribution in [3.05, 3.63) is 29.8 Å². The minimum Gasteiger partial charge on any atom is -0.384 e. The van der Waals surface area contributed by atoms with Gasteiger partial charge in [-0.2, -0.15) is 0 Å². The Hall–Kier alpha value is -0.550. The average Bonchev–Trinajstić information content (AvgIpc) is 2.36. The molecule has 0 radical (unpaired) electrons. The molecule has 17 heavy (non-hydrogen) atoms. The second kappa shape index (κ2) is 9.48. The maximum absolute atomic E-state index is 5.06. The second-order valence-electron chi connectivity index (χ2n) is 3.62. The molecule has 0 fully saturated rings. The number of nitrogens with one attached hydrogen (secondary N) is 1. The number of hydrogen-bond acceptors (Lipinski definition) is 4. The molecule has 0 bridgehead atoms. The van der Waals surface area contributed by atoms with Crippen LogP contribution in [0.15, 0.2) is 29.2 Å².